The zero-order chi connectivity index (χ0) is 14.8. The van der Waals surface area contributed by atoms with Gasteiger partial charge in [-0.1, -0.05) is 26.7 Å². The third kappa shape index (κ3) is 5.88. The van der Waals surface area contributed by atoms with Crippen molar-refractivity contribution in [1.82, 2.24) is 5.32 Å². The summed E-state index contributed by atoms with van der Waals surface area (Å²) >= 11 is 0. The van der Waals surface area contributed by atoms with E-state index in [1.807, 2.05) is 0 Å². The first-order valence-corrected chi connectivity index (χ1v) is 7.32. The second-order valence-corrected chi connectivity index (χ2v) is 4.92. The van der Waals surface area contributed by atoms with Gasteiger partial charge in [0.15, 0.2) is 0 Å². The van der Waals surface area contributed by atoms with E-state index in [4.69, 9.17) is 9.47 Å². The van der Waals surface area contributed by atoms with Crippen LogP contribution in [0.5, 0.6) is 5.75 Å². The fourth-order valence-corrected chi connectivity index (χ4v) is 1.96. The predicted octanol–water partition coefficient (Wildman–Crippen LogP) is 3.38. The van der Waals surface area contributed by atoms with E-state index in [-0.39, 0.29) is 5.82 Å². The first-order chi connectivity index (χ1) is 9.71. The lowest BCUT2D eigenvalue weighted by molar-refractivity contribution is 0.198. The number of benzene rings is 1. The van der Waals surface area contributed by atoms with Gasteiger partial charge in [-0.05, 0) is 24.1 Å². The van der Waals surface area contributed by atoms with Gasteiger partial charge in [-0.25, -0.2) is 4.39 Å². The molecule has 0 amide bonds. The van der Waals surface area contributed by atoms with Gasteiger partial charge in [-0.15, -0.1) is 0 Å². The maximum absolute atomic E-state index is 13.3. The molecular formula is C16H26FNO2. The predicted molar refractivity (Wildman–Crippen MR) is 79.5 cm³/mol. The molecule has 0 saturated heterocycles. The molecule has 0 aliphatic rings. The van der Waals surface area contributed by atoms with E-state index in [1.165, 1.54) is 12.1 Å². The number of hydrogen-bond donors (Lipinski definition) is 1. The van der Waals surface area contributed by atoms with E-state index in [1.54, 1.807) is 13.2 Å². The molecule has 0 fully saturated rings. The number of halogens is 1. The number of nitrogens with one attached hydrogen (secondary N) is 1. The lowest BCUT2D eigenvalue weighted by Gasteiger charge is -2.16. The van der Waals surface area contributed by atoms with Crippen LogP contribution in [0.4, 0.5) is 4.39 Å². The summed E-state index contributed by atoms with van der Waals surface area (Å²) in [6.07, 6.45) is 2.19. The van der Waals surface area contributed by atoms with Gasteiger partial charge in [0.25, 0.3) is 0 Å². The summed E-state index contributed by atoms with van der Waals surface area (Å²) in [7, 11) is 1.66. The molecule has 0 saturated carbocycles. The van der Waals surface area contributed by atoms with Crippen molar-refractivity contribution in [2.24, 2.45) is 5.92 Å². The Hall–Kier alpha value is -1.13. The van der Waals surface area contributed by atoms with Crippen LogP contribution in [-0.4, -0.2) is 26.9 Å². The lowest BCUT2D eigenvalue weighted by atomic mass is 10.1. The van der Waals surface area contributed by atoms with E-state index in [9.17, 15) is 4.39 Å². The van der Waals surface area contributed by atoms with E-state index in [2.05, 4.69) is 19.2 Å². The molecule has 0 aliphatic heterocycles. The Kier molecular flexibility index (Phi) is 8.23. The van der Waals surface area contributed by atoms with Crippen molar-refractivity contribution < 1.29 is 13.9 Å². The zero-order valence-electron chi connectivity index (χ0n) is 12.7. The summed E-state index contributed by atoms with van der Waals surface area (Å²) < 4.78 is 24.2. The summed E-state index contributed by atoms with van der Waals surface area (Å²) in [6, 6.07) is 4.69. The van der Waals surface area contributed by atoms with Crippen molar-refractivity contribution in [3.05, 3.63) is 29.6 Å². The largest absolute Gasteiger partial charge is 0.493 e. The molecule has 3 nitrogen and oxygen atoms in total. The Balaban J connectivity index is 2.59. The van der Waals surface area contributed by atoms with Gasteiger partial charge in [0.1, 0.15) is 11.6 Å². The van der Waals surface area contributed by atoms with Gasteiger partial charge in [0, 0.05) is 25.8 Å². The fraction of sp³-hybridized carbons (Fsp3) is 0.625. The van der Waals surface area contributed by atoms with Crippen LogP contribution in [0.15, 0.2) is 18.2 Å². The van der Waals surface area contributed by atoms with Gasteiger partial charge in [0.2, 0.25) is 0 Å². The molecule has 1 rings (SSSR count). The Labute approximate surface area is 121 Å². The average Bonchev–Trinajstić information content (AvgIpc) is 2.46. The molecule has 1 aromatic rings. The van der Waals surface area contributed by atoms with Gasteiger partial charge in [-0.3, -0.25) is 0 Å². The molecule has 114 valence electrons. The molecule has 1 N–H and O–H groups in total. The number of hydrogen-bond acceptors (Lipinski definition) is 3. The monoisotopic (exact) mass is 283 g/mol. The lowest BCUT2D eigenvalue weighted by Crippen LogP contribution is -2.19. The summed E-state index contributed by atoms with van der Waals surface area (Å²) in [5.41, 5.74) is 0.854. The number of rotatable bonds is 10. The Morgan fingerprint density at radius 3 is 2.65 bits per heavy atom. The van der Waals surface area contributed by atoms with Crippen molar-refractivity contribution in [1.29, 1.82) is 0 Å². The fourth-order valence-electron chi connectivity index (χ4n) is 1.96. The third-order valence-corrected chi connectivity index (χ3v) is 3.45. The first kappa shape index (κ1) is 16.9. The van der Waals surface area contributed by atoms with Crippen molar-refractivity contribution in [2.75, 3.05) is 26.9 Å². The highest BCUT2D eigenvalue weighted by Crippen LogP contribution is 2.21. The van der Waals surface area contributed by atoms with Crippen LogP contribution in [0.2, 0.25) is 0 Å². The molecule has 20 heavy (non-hydrogen) atoms. The summed E-state index contributed by atoms with van der Waals surface area (Å²) in [5.74, 6) is 1.08. The van der Waals surface area contributed by atoms with E-state index in [0.29, 0.717) is 25.7 Å². The quantitative estimate of drug-likeness (QED) is 0.668. The van der Waals surface area contributed by atoms with Crippen molar-refractivity contribution in [3.63, 3.8) is 0 Å². The minimum atomic E-state index is -0.233. The first-order valence-electron chi connectivity index (χ1n) is 7.32. The van der Waals surface area contributed by atoms with Gasteiger partial charge >= 0.3 is 0 Å². The normalized spacial score (nSPS) is 11.1. The van der Waals surface area contributed by atoms with Crippen LogP contribution >= 0.6 is 0 Å². The number of ether oxygens (including phenoxy) is 2. The second-order valence-electron chi connectivity index (χ2n) is 4.92. The molecule has 4 heteroatoms. The highest BCUT2D eigenvalue weighted by molar-refractivity contribution is 5.33. The molecule has 0 radical (unpaired) electrons. The Morgan fingerprint density at radius 2 is 2.00 bits per heavy atom. The van der Waals surface area contributed by atoms with E-state index < -0.39 is 0 Å². The molecule has 0 heterocycles. The van der Waals surface area contributed by atoms with Gasteiger partial charge < -0.3 is 14.8 Å². The highest BCUT2D eigenvalue weighted by atomic mass is 19.1. The molecule has 0 aromatic heterocycles. The Morgan fingerprint density at radius 1 is 1.25 bits per heavy atom. The van der Waals surface area contributed by atoms with Crippen LogP contribution in [0, 0.1) is 11.7 Å². The third-order valence-electron chi connectivity index (χ3n) is 3.45. The molecule has 0 aliphatic carbocycles. The molecule has 1 aromatic carbocycles. The second kappa shape index (κ2) is 9.72. The van der Waals surface area contributed by atoms with Crippen LogP contribution in [-0.2, 0) is 11.3 Å². The topological polar surface area (TPSA) is 30.5 Å². The van der Waals surface area contributed by atoms with E-state index in [0.717, 1.165) is 30.7 Å². The summed E-state index contributed by atoms with van der Waals surface area (Å²) in [6.45, 7) is 6.96. The molecule has 0 unspecified atom stereocenters. The standard InChI is InChI=1S/C16H26FNO2/c1-4-13(5-2)12-20-16-7-6-15(17)10-14(16)11-18-8-9-19-3/h6-7,10,13,18H,4-5,8-9,11-12H2,1-3H3. The maximum atomic E-state index is 13.3. The molecule has 0 bridgehead atoms. The van der Waals surface area contributed by atoms with Gasteiger partial charge in [-0.2, -0.15) is 0 Å². The van der Waals surface area contributed by atoms with Crippen LogP contribution < -0.4 is 10.1 Å². The molecular weight excluding hydrogens is 257 g/mol. The van der Waals surface area contributed by atoms with Crippen molar-refractivity contribution >= 4 is 0 Å². The van der Waals surface area contributed by atoms with Crippen LogP contribution in [0.25, 0.3) is 0 Å². The minimum absolute atomic E-state index is 0.233. The maximum Gasteiger partial charge on any atom is 0.123 e. The Bertz CT molecular complexity index is 381. The smallest absolute Gasteiger partial charge is 0.123 e. The highest BCUT2D eigenvalue weighted by Gasteiger charge is 2.09. The SMILES string of the molecule is CCC(CC)COc1ccc(F)cc1CNCCOC. The number of methoxy groups -OCH3 is 1. The van der Waals surface area contributed by atoms with Crippen LogP contribution in [0.3, 0.4) is 0 Å². The summed E-state index contributed by atoms with van der Waals surface area (Å²) in [4.78, 5) is 0. The van der Waals surface area contributed by atoms with E-state index >= 15 is 0 Å². The zero-order valence-corrected chi connectivity index (χ0v) is 12.7. The minimum Gasteiger partial charge on any atom is -0.493 e. The summed E-state index contributed by atoms with van der Waals surface area (Å²) in [5, 5.41) is 3.21. The van der Waals surface area contributed by atoms with Crippen molar-refractivity contribution in [3.8, 4) is 5.75 Å². The van der Waals surface area contributed by atoms with Crippen molar-refractivity contribution in [2.45, 2.75) is 33.2 Å². The average molecular weight is 283 g/mol. The molecule has 0 atom stereocenters. The van der Waals surface area contributed by atoms with Crippen LogP contribution in [0.1, 0.15) is 32.3 Å². The molecule has 0 spiro atoms. The van der Waals surface area contributed by atoms with Gasteiger partial charge in [0.05, 0.1) is 13.2 Å².